The summed E-state index contributed by atoms with van der Waals surface area (Å²) in [5.74, 6) is 1.76. The molecular weight excluding hydrogens is 1210 g/mol. The first-order valence-corrected chi connectivity index (χ1v) is 37.4. The molecule has 0 aromatic heterocycles. The molecule has 0 aliphatic rings. The summed E-state index contributed by atoms with van der Waals surface area (Å²) in [4.78, 5) is 2.60. The summed E-state index contributed by atoms with van der Waals surface area (Å²) in [5.41, 5.74) is 21.7. The Hall–Kier alpha value is -6.87. The van der Waals surface area contributed by atoms with Crippen LogP contribution in [0.2, 0.25) is 0 Å². The molecule has 0 amide bonds. The number of aryl methyl sites for hydroxylation is 2. The molecule has 0 radical (unpaired) electrons. The Labute approximate surface area is 611 Å². The first-order chi connectivity index (χ1) is 45.3. The molecule has 9 rings (SSSR count). The molecule has 0 heterocycles. The van der Waals surface area contributed by atoms with Gasteiger partial charge in [-0.2, -0.15) is 0 Å². The van der Waals surface area contributed by atoms with E-state index in [4.69, 9.17) is 4.74 Å². The minimum absolute atomic E-state index is 0.173. The van der Waals surface area contributed by atoms with E-state index in [-0.39, 0.29) is 54.1 Å². The van der Waals surface area contributed by atoms with Crippen molar-refractivity contribution in [2.24, 2.45) is 0 Å². The van der Waals surface area contributed by atoms with Crippen molar-refractivity contribution in [3.05, 3.63) is 296 Å². The highest BCUT2D eigenvalue weighted by Gasteiger charge is 2.21. The topological polar surface area (TPSA) is 9.23 Å². The molecule has 9 aromatic rings. The summed E-state index contributed by atoms with van der Waals surface area (Å²) in [5, 5.41) is 0. The van der Waals surface area contributed by atoms with Crippen molar-refractivity contribution in [1.29, 1.82) is 0 Å². The first-order valence-electron chi connectivity index (χ1n) is 36.6. The molecule has 0 fully saturated rings. The van der Waals surface area contributed by atoms with E-state index < -0.39 is 0 Å². The summed E-state index contributed by atoms with van der Waals surface area (Å²) >= 11 is 1.83. The standard InChI is InChI=1S/C22H30.C21H28.C20H26O.C20H26S.C14H22/c1-21(2,3)19-13-9-17(10-14-19)7-8-18-11-15-20(16-12-18)22(4,5)6;1-20(2,3)18-11-7-16(8-12-18)15-17-9-13-19(14-10-17)21(4,5)6;2*1-19(2,3)15-7-11-17(12-8-15)21-18-13-9-16(10-14-18)20(4,5)6;1-13(2,3)11-7-9-12(10-8-11)14(4,5)6/h9-16H,7-8H2,1-6H3;7-14H,15H2,1-6H3;2*7-14H,1-6H3;7-10H,1-6H3. The molecule has 0 saturated heterocycles. The second-order valence-electron chi connectivity index (χ2n) is 37.8. The lowest BCUT2D eigenvalue weighted by atomic mass is 9.82. The van der Waals surface area contributed by atoms with Gasteiger partial charge >= 0.3 is 0 Å². The Kier molecular flexibility index (Phi) is 28.2. The van der Waals surface area contributed by atoms with Crippen molar-refractivity contribution in [3.63, 3.8) is 0 Å². The second-order valence-corrected chi connectivity index (χ2v) is 39.0. The molecule has 0 aliphatic carbocycles. The quantitative estimate of drug-likeness (QED) is 0.142. The van der Waals surface area contributed by atoms with E-state index in [2.05, 4.69) is 402 Å². The van der Waals surface area contributed by atoms with E-state index in [1.54, 1.807) is 0 Å². The first kappa shape index (κ1) is 82.8. The number of benzene rings is 9. The van der Waals surface area contributed by atoms with Crippen molar-refractivity contribution < 1.29 is 4.74 Å². The average Bonchev–Trinajstić information content (AvgIpc) is 0.859. The van der Waals surface area contributed by atoms with E-state index in [1.165, 1.54) is 87.7 Å². The zero-order valence-corrected chi connectivity index (χ0v) is 68.5. The predicted octanol–water partition coefficient (Wildman–Crippen LogP) is 28.7. The van der Waals surface area contributed by atoms with Gasteiger partial charge in [-0.25, -0.2) is 0 Å². The highest BCUT2D eigenvalue weighted by molar-refractivity contribution is 7.99. The van der Waals surface area contributed by atoms with Crippen LogP contribution in [0.1, 0.15) is 286 Å². The van der Waals surface area contributed by atoms with Gasteiger partial charge in [0, 0.05) is 9.79 Å². The normalized spacial score (nSPS) is 12.5. The van der Waals surface area contributed by atoms with Crippen LogP contribution in [-0.2, 0) is 73.4 Å². The molecule has 0 spiro atoms. The van der Waals surface area contributed by atoms with Gasteiger partial charge in [0.2, 0.25) is 0 Å². The summed E-state index contributed by atoms with van der Waals surface area (Å²) in [6.07, 6.45) is 3.23. The molecule has 0 aliphatic heterocycles. The average molecular weight is 1350 g/mol. The Morgan fingerprint density at radius 3 is 0.495 bits per heavy atom. The highest BCUT2D eigenvalue weighted by Crippen LogP contribution is 2.35. The van der Waals surface area contributed by atoms with Crippen molar-refractivity contribution in [3.8, 4) is 11.5 Å². The second kappa shape index (κ2) is 33.7. The van der Waals surface area contributed by atoms with Gasteiger partial charge < -0.3 is 4.74 Å². The molecule has 0 unspecified atom stereocenters. The third kappa shape index (κ3) is 28.2. The Balaban J connectivity index is 0.000000225. The van der Waals surface area contributed by atoms with E-state index in [9.17, 15) is 0 Å². The lowest BCUT2D eigenvalue weighted by Gasteiger charge is -2.23. The molecule has 99 heavy (non-hydrogen) atoms. The van der Waals surface area contributed by atoms with Crippen molar-refractivity contribution in [2.45, 2.75) is 291 Å². The van der Waals surface area contributed by atoms with E-state index >= 15 is 0 Å². The third-order valence-corrected chi connectivity index (χ3v) is 19.4. The maximum Gasteiger partial charge on any atom is 0.127 e. The van der Waals surface area contributed by atoms with Gasteiger partial charge in [-0.05, 0) is 200 Å². The predicted molar refractivity (Wildman–Crippen MR) is 439 cm³/mol. The van der Waals surface area contributed by atoms with Crippen LogP contribution in [0, 0.1) is 0 Å². The fourth-order valence-electron chi connectivity index (χ4n) is 10.9. The number of hydrogen-bond acceptors (Lipinski definition) is 2. The SMILES string of the molecule is CC(C)(C)c1ccc(C(C)(C)C)cc1.CC(C)(C)c1ccc(CCc2ccc(C(C)(C)C)cc2)cc1.CC(C)(C)c1ccc(Cc2ccc(C(C)(C)C)cc2)cc1.CC(C)(C)c1ccc(Oc2ccc(C(C)(C)C)cc2)cc1.CC(C)(C)c1ccc(Sc2ccc(C(C)(C)C)cc2)cc1. The number of ether oxygens (including phenoxy) is 1. The van der Waals surface area contributed by atoms with Crippen LogP contribution in [0.3, 0.4) is 0 Å². The summed E-state index contributed by atoms with van der Waals surface area (Å²) in [6, 6.07) is 79.9. The van der Waals surface area contributed by atoms with Crippen LogP contribution in [0.5, 0.6) is 11.5 Å². The molecule has 0 bridgehead atoms. The summed E-state index contributed by atoms with van der Waals surface area (Å²) < 4.78 is 5.91. The van der Waals surface area contributed by atoms with Crippen LogP contribution in [-0.4, -0.2) is 0 Å². The van der Waals surface area contributed by atoms with Gasteiger partial charge in [0.15, 0.2) is 0 Å². The fraction of sp³-hybridized carbons (Fsp3) is 0.443. The highest BCUT2D eigenvalue weighted by atomic mass is 32.2. The molecule has 9 aromatic carbocycles. The molecular formula is C97H132OS. The minimum Gasteiger partial charge on any atom is -0.457 e. The lowest BCUT2D eigenvalue weighted by molar-refractivity contribution is 0.480. The van der Waals surface area contributed by atoms with Gasteiger partial charge in [-0.15, -0.1) is 0 Å². The van der Waals surface area contributed by atoms with Crippen molar-refractivity contribution in [1.82, 2.24) is 0 Å². The van der Waals surface area contributed by atoms with E-state index in [0.29, 0.717) is 0 Å². The monoisotopic (exact) mass is 1340 g/mol. The smallest absolute Gasteiger partial charge is 0.127 e. The third-order valence-electron chi connectivity index (χ3n) is 18.4. The van der Waals surface area contributed by atoms with Crippen LogP contribution in [0.25, 0.3) is 0 Å². The summed E-state index contributed by atoms with van der Waals surface area (Å²) in [7, 11) is 0. The Bertz CT molecular complexity index is 3280. The van der Waals surface area contributed by atoms with Gasteiger partial charge in [0.25, 0.3) is 0 Å². The zero-order valence-electron chi connectivity index (χ0n) is 67.7. The number of rotatable bonds is 9. The van der Waals surface area contributed by atoms with Gasteiger partial charge in [0.05, 0.1) is 0 Å². The van der Waals surface area contributed by atoms with Crippen LogP contribution >= 0.6 is 11.8 Å². The lowest BCUT2D eigenvalue weighted by Crippen LogP contribution is -2.14. The van der Waals surface area contributed by atoms with Gasteiger partial charge in [0.1, 0.15) is 11.5 Å². The molecule has 2 heteroatoms. The zero-order chi connectivity index (χ0) is 74.4. The van der Waals surface area contributed by atoms with Crippen LogP contribution in [0.4, 0.5) is 0 Å². The Morgan fingerprint density at radius 1 is 0.182 bits per heavy atom. The largest absolute Gasteiger partial charge is 0.457 e. The van der Waals surface area contributed by atoms with E-state index in [1.807, 2.05) is 36.0 Å². The maximum absolute atomic E-state index is 5.91. The van der Waals surface area contributed by atoms with Gasteiger partial charge in [-0.3, -0.25) is 0 Å². The van der Waals surface area contributed by atoms with Crippen LogP contribution in [0.15, 0.2) is 228 Å². The van der Waals surface area contributed by atoms with Crippen LogP contribution < -0.4 is 4.74 Å². The van der Waals surface area contributed by atoms with Crippen molar-refractivity contribution in [2.75, 3.05) is 0 Å². The molecule has 0 atom stereocenters. The van der Waals surface area contributed by atoms with Crippen molar-refractivity contribution >= 4 is 11.8 Å². The summed E-state index contributed by atoms with van der Waals surface area (Å²) in [6.45, 7) is 67.4. The maximum atomic E-state index is 5.91. The minimum atomic E-state index is 0.173. The molecule has 1 nitrogen and oxygen atoms in total. The molecule has 0 N–H and O–H groups in total. The molecule has 0 saturated carbocycles. The van der Waals surface area contributed by atoms with E-state index in [0.717, 1.165) is 30.8 Å². The van der Waals surface area contributed by atoms with Gasteiger partial charge in [-0.1, -0.05) is 389 Å². The Morgan fingerprint density at radius 2 is 0.323 bits per heavy atom. The molecule has 532 valence electrons. The number of hydrogen-bond donors (Lipinski definition) is 0. The fourth-order valence-corrected chi connectivity index (χ4v) is 11.8.